The fraction of sp³-hybridized carbons (Fsp3) is 0.448. The van der Waals surface area contributed by atoms with Gasteiger partial charge in [-0.15, -0.1) is 0 Å². The van der Waals surface area contributed by atoms with Crippen molar-refractivity contribution in [1.82, 2.24) is 10.6 Å². The highest BCUT2D eigenvalue weighted by Crippen LogP contribution is 2.24. The Kier molecular flexibility index (Phi) is 10.7. The molecule has 3 rings (SSSR count). The number of phenols is 1. The molecule has 1 saturated heterocycles. The van der Waals surface area contributed by atoms with Gasteiger partial charge in [-0.05, 0) is 56.4 Å². The van der Waals surface area contributed by atoms with Gasteiger partial charge in [-0.3, -0.25) is 14.4 Å². The van der Waals surface area contributed by atoms with Gasteiger partial charge in [0.2, 0.25) is 5.91 Å². The number of cyclic esters (lactones) is 2. The molecule has 0 bridgehead atoms. The molecule has 0 radical (unpaired) electrons. The number of nitrogens with one attached hydrogen (secondary N) is 2. The van der Waals surface area contributed by atoms with Crippen molar-refractivity contribution in [3.05, 3.63) is 64.7 Å². The molecule has 1 aliphatic heterocycles. The minimum absolute atomic E-state index is 0.00993. The summed E-state index contributed by atoms with van der Waals surface area (Å²) in [6.45, 7) is 5.88. The van der Waals surface area contributed by atoms with E-state index in [9.17, 15) is 47.0 Å². The fourth-order valence-electron chi connectivity index (χ4n) is 4.50. The lowest BCUT2D eigenvalue weighted by Crippen LogP contribution is -2.59. The molecule has 2 aromatic rings. The SMILES string of the molecule is CC(C)CC1OC(=O)[C@H](C)[C@H](O)[C@H](Cc2cc(F)c(F)c(F)c2F)NC(=O)[C@@H](NC(=O)c2ccccc2O)[C@@H](C)OC1=O. The molecule has 0 aliphatic carbocycles. The maximum absolute atomic E-state index is 14.6. The van der Waals surface area contributed by atoms with E-state index in [-0.39, 0.29) is 17.9 Å². The number of carbonyl (C=O) groups is 4. The number of para-hydroxylation sites is 1. The van der Waals surface area contributed by atoms with Gasteiger partial charge in [0.25, 0.3) is 5.91 Å². The van der Waals surface area contributed by atoms with Crippen molar-refractivity contribution >= 4 is 23.8 Å². The molecule has 0 aromatic heterocycles. The van der Waals surface area contributed by atoms with Gasteiger partial charge in [0.05, 0.1) is 23.6 Å². The lowest BCUT2D eigenvalue weighted by molar-refractivity contribution is -0.178. The Morgan fingerprint density at radius 1 is 1.00 bits per heavy atom. The van der Waals surface area contributed by atoms with Crippen LogP contribution in [-0.2, 0) is 30.3 Å². The number of aromatic hydroxyl groups is 1. The summed E-state index contributed by atoms with van der Waals surface area (Å²) in [5.41, 5.74) is -1.02. The quantitative estimate of drug-likeness (QED) is 0.168. The minimum Gasteiger partial charge on any atom is -0.507 e. The summed E-state index contributed by atoms with van der Waals surface area (Å²) in [5, 5.41) is 25.8. The summed E-state index contributed by atoms with van der Waals surface area (Å²) >= 11 is 0. The number of esters is 2. The number of benzene rings is 2. The normalized spacial score (nSPS) is 25.2. The maximum atomic E-state index is 14.6. The average Bonchev–Trinajstić information content (AvgIpc) is 2.95. The van der Waals surface area contributed by atoms with Crippen molar-refractivity contribution in [3.8, 4) is 5.75 Å². The fourth-order valence-corrected chi connectivity index (χ4v) is 4.50. The lowest BCUT2D eigenvalue weighted by Gasteiger charge is -2.33. The molecule has 234 valence electrons. The molecule has 1 heterocycles. The van der Waals surface area contributed by atoms with E-state index < -0.39 is 101 Å². The van der Waals surface area contributed by atoms with Crippen molar-refractivity contribution in [3.63, 3.8) is 0 Å². The van der Waals surface area contributed by atoms with Crippen molar-refractivity contribution in [1.29, 1.82) is 0 Å². The van der Waals surface area contributed by atoms with Gasteiger partial charge in [-0.25, -0.2) is 22.4 Å². The molecule has 10 nitrogen and oxygen atoms in total. The number of aliphatic hydroxyl groups excluding tert-OH is 1. The summed E-state index contributed by atoms with van der Waals surface area (Å²) in [6.07, 6.45) is -5.66. The average molecular weight is 613 g/mol. The van der Waals surface area contributed by atoms with E-state index in [0.717, 1.165) is 0 Å². The summed E-state index contributed by atoms with van der Waals surface area (Å²) < 4.78 is 66.8. The summed E-state index contributed by atoms with van der Waals surface area (Å²) in [7, 11) is 0. The van der Waals surface area contributed by atoms with Gasteiger partial charge < -0.3 is 30.3 Å². The van der Waals surface area contributed by atoms with Crippen molar-refractivity contribution in [2.45, 2.75) is 70.9 Å². The summed E-state index contributed by atoms with van der Waals surface area (Å²) in [4.78, 5) is 52.5. The standard InChI is InChI=1S/C29H32F4N2O8/c1-12(2)9-20-29(41)42-14(4)24(35-26(38)16-7-5-6-8-19(16)36)27(39)34-18(25(37)13(3)28(40)43-20)11-15-10-17(30)22(32)23(33)21(15)31/h5-8,10,12-14,18,20,24-25,36-37H,9,11H2,1-4H3,(H,34,39)(H,35,38)/t13-,14-,18+,20?,24+,25+/m1/s1. The first-order chi connectivity index (χ1) is 20.1. The smallest absolute Gasteiger partial charge is 0.347 e. The van der Waals surface area contributed by atoms with Crippen LogP contribution in [0.3, 0.4) is 0 Å². The number of halogens is 4. The second-order valence-corrected chi connectivity index (χ2v) is 10.7. The van der Waals surface area contributed by atoms with Crippen LogP contribution >= 0.6 is 0 Å². The molecule has 0 saturated carbocycles. The van der Waals surface area contributed by atoms with Crippen LogP contribution in [0.1, 0.15) is 50.0 Å². The summed E-state index contributed by atoms with van der Waals surface area (Å²) in [6, 6.07) is 2.32. The van der Waals surface area contributed by atoms with Crippen molar-refractivity contribution in [2.24, 2.45) is 11.8 Å². The first-order valence-corrected chi connectivity index (χ1v) is 13.4. The van der Waals surface area contributed by atoms with Gasteiger partial charge in [0.1, 0.15) is 17.9 Å². The lowest BCUT2D eigenvalue weighted by atomic mass is 9.91. The van der Waals surface area contributed by atoms with E-state index in [2.05, 4.69) is 10.6 Å². The van der Waals surface area contributed by atoms with Crippen LogP contribution in [0, 0.1) is 35.1 Å². The highest BCUT2D eigenvalue weighted by molar-refractivity contribution is 5.99. The van der Waals surface area contributed by atoms with Crippen LogP contribution < -0.4 is 10.6 Å². The van der Waals surface area contributed by atoms with Crippen LogP contribution in [0.15, 0.2) is 30.3 Å². The third kappa shape index (κ3) is 7.80. The van der Waals surface area contributed by atoms with Gasteiger partial charge in [0, 0.05) is 0 Å². The van der Waals surface area contributed by atoms with E-state index >= 15 is 0 Å². The highest BCUT2D eigenvalue weighted by atomic mass is 19.2. The summed E-state index contributed by atoms with van der Waals surface area (Å²) in [5.74, 6) is -14.0. The van der Waals surface area contributed by atoms with Crippen LogP contribution in [0.4, 0.5) is 17.6 Å². The van der Waals surface area contributed by atoms with Crippen LogP contribution in [0.5, 0.6) is 5.75 Å². The molecule has 1 unspecified atom stereocenters. The Hall–Kier alpha value is -4.20. The van der Waals surface area contributed by atoms with E-state index in [1.54, 1.807) is 13.8 Å². The Bertz CT molecular complexity index is 1390. The van der Waals surface area contributed by atoms with Crippen LogP contribution in [-0.4, -0.2) is 64.4 Å². The largest absolute Gasteiger partial charge is 0.507 e. The molecule has 6 atom stereocenters. The van der Waals surface area contributed by atoms with Gasteiger partial charge in [-0.1, -0.05) is 26.0 Å². The maximum Gasteiger partial charge on any atom is 0.347 e. The molecule has 2 aromatic carbocycles. The Balaban J connectivity index is 2.06. The van der Waals surface area contributed by atoms with E-state index in [1.165, 1.54) is 38.1 Å². The van der Waals surface area contributed by atoms with Gasteiger partial charge in [-0.2, -0.15) is 0 Å². The second kappa shape index (κ2) is 13.8. The third-order valence-corrected chi connectivity index (χ3v) is 6.94. The van der Waals surface area contributed by atoms with Gasteiger partial charge in [0.15, 0.2) is 29.4 Å². The van der Waals surface area contributed by atoms with E-state index in [0.29, 0.717) is 6.07 Å². The zero-order valence-corrected chi connectivity index (χ0v) is 23.7. The molecule has 0 spiro atoms. The molecule has 4 N–H and O–H groups in total. The zero-order chi connectivity index (χ0) is 32.2. The number of hydrogen-bond acceptors (Lipinski definition) is 8. The first kappa shape index (κ1) is 33.3. The first-order valence-electron chi connectivity index (χ1n) is 13.4. The molecular weight excluding hydrogens is 580 g/mol. The van der Waals surface area contributed by atoms with E-state index in [1.807, 2.05) is 0 Å². The molecular formula is C29H32F4N2O8. The predicted octanol–water partition coefficient (Wildman–Crippen LogP) is 2.67. The molecule has 1 aliphatic rings. The zero-order valence-electron chi connectivity index (χ0n) is 23.7. The van der Waals surface area contributed by atoms with E-state index in [4.69, 9.17) is 9.47 Å². The van der Waals surface area contributed by atoms with Crippen molar-refractivity contribution < 1.29 is 56.4 Å². The number of aliphatic hydroxyl groups is 1. The Morgan fingerprint density at radius 3 is 2.28 bits per heavy atom. The second-order valence-electron chi connectivity index (χ2n) is 10.7. The van der Waals surface area contributed by atoms with Crippen molar-refractivity contribution in [2.75, 3.05) is 0 Å². The number of rotatable bonds is 6. The molecule has 2 amide bonds. The number of amides is 2. The monoisotopic (exact) mass is 612 g/mol. The molecule has 43 heavy (non-hydrogen) atoms. The predicted molar refractivity (Wildman–Crippen MR) is 141 cm³/mol. The number of ether oxygens (including phenoxy) is 2. The number of carbonyl (C=O) groups excluding carboxylic acids is 4. The van der Waals surface area contributed by atoms with Crippen LogP contribution in [0.25, 0.3) is 0 Å². The Morgan fingerprint density at radius 2 is 1.65 bits per heavy atom. The Labute approximate surface area is 244 Å². The topological polar surface area (TPSA) is 151 Å². The molecule has 14 heteroatoms. The molecule has 1 fully saturated rings. The number of phenolic OH excluding ortho intramolecular Hbond substituents is 1. The number of hydrogen-bond donors (Lipinski definition) is 4. The minimum atomic E-state index is -2.12. The van der Waals surface area contributed by atoms with Crippen LogP contribution in [0.2, 0.25) is 0 Å². The highest BCUT2D eigenvalue weighted by Gasteiger charge is 2.40. The van der Waals surface area contributed by atoms with Gasteiger partial charge >= 0.3 is 11.9 Å². The third-order valence-electron chi connectivity index (χ3n) is 6.94.